The summed E-state index contributed by atoms with van der Waals surface area (Å²) in [4.78, 5) is 0. The number of halogens is 1. The van der Waals surface area contributed by atoms with Crippen molar-refractivity contribution in [1.82, 2.24) is 0 Å². The first-order valence-corrected chi connectivity index (χ1v) is 10.5. The third-order valence-corrected chi connectivity index (χ3v) is 4.63. The molecule has 2 aromatic carbocycles. The lowest BCUT2D eigenvalue weighted by atomic mass is 10.2. The van der Waals surface area contributed by atoms with Crippen LogP contribution in [0.3, 0.4) is 0 Å². The van der Waals surface area contributed by atoms with Crippen LogP contribution in [0, 0.1) is 0 Å². The second kappa shape index (κ2) is 7.25. The van der Waals surface area contributed by atoms with Gasteiger partial charge in [-0.15, -0.1) is 0 Å². The largest absolute Gasteiger partial charge is 0.284 e. The summed E-state index contributed by atoms with van der Waals surface area (Å²) in [6.07, 6.45) is 2.48. The molecule has 0 saturated heterocycles. The van der Waals surface area contributed by atoms with Crippen molar-refractivity contribution in [2.24, 2.45) is 0 Å². The molecule has 2 N–H and O–H groups in total. The summed E-state index contributed by atoms with van der Waals surface area (Å²) < 4.78 is 50.9. The standard InChI is InChI=1S/C15H15ClN2O4S2/c1-23(19,20)17-14-6-8-15(9-7-14)18-24(21,22)11-10-12-2-4-13(16)5-3-12/h2-11,17-18H,1H3/b11-10+. The minimum Gasteiger partial charge on any atom is -0.284 e. The van der Waals surface area contributed by atoms with Crippen LogP contribution >= 0.6 is 11.6 Å². The van der Waals surface area contributed by atoms with Crippen LogP contribution in [0.4, 0.5) is 11.4 Å². The minimum absolute atomic E-state index is 0.315. The van der Waals surface area contributed by atoms with Gasteiger partial charge in [0.05, 0.1) is 11.7 Å². The monoisotopic (exact) mass is 386 g/mol. The van der Waals surface area contributed by atoms with E-state index in [4.69, 9.17) is 11.6 Å². The van der Waals surface area contributed by atoms with Crippen LogP contribution in [0.1, 0.15) is 5.56 Å². The Balaban J connectivity index is 2.07. The zero-order chi connectivity index (χ0) is 17.8. The van der Waals surface area contributed by atoms with Gasteiger partial charge in [0.15, 0.2) is 0 Å². The van der Waals surface area contributed by atoms with Crippen LogP contribution in [0.25, 0.3) is 6.08 Å². The second-order valence-electron chi connectivity index (χ2n) is 4.95. The summed E-state index contributed by atoms with van der Waals surface area (Å²) >= 11 is 5.76. The van der Waals surface area contributed by atoms with Crippen molar-refractivity contribution in [2.45, 2.75) is 0 Å². The lowest BCUT2D eigenvalue weighted by molar-refractivity contribution is 0.606. The van der Waals surface area contributed by atoms with Crippen molar-refractivity contribution in [3.63, 3.8) is 0 Å². The molecule has 0 aliphatic rings. The van der Waals surface area contributed by atoms with Crippen LogP contribution in [0.5, 0.6) is 0 Å². The van der Waals surface area contributed by atoms with E-state index in [1.165, 1.54) is 30.3 Å². The SMILES string of the molecule is CS(=O)(=O)Nc1ccc(NS(=O)(=O)/C=C/c2ccc(Cl)cc2)cc1. The van der Waals surface area contributed by atoms with Gasteiger partial charge in [-0.3, -0.25) is 9.44 Å². The van der Waals surface area contributed by atoms with Gasteiger partial charge in [0.25, 0.3) is 10.0 Å². The third-order valence-electron chi connectivity index (χ3n) is 2.76. The maximum Gasteiger partial charge on any atom is 0.255 e. The van der Waals surface area contributed by atoms with Crippen molar-refractivity contribution in [3.05, 3.63) is 64.5 Å². The van der Waals surface area contributed by atoms with Crippen molar-refractivity contribution >= 4 is 49.1 Å². The van der Waals surface area contributed by atoms with E-state index in [9.17, 15) is 16.8 Å². The number of anilines is 2. The van der Waals surface area contributed by atoms with Gasteiger partial charge in [-0.1, -0.05) is 23.7 Å². The zero-order valence-corrected chi connectivity index (χ0v) is 15.0. The average Bonchev–Trinajstić information content (AvgIpc) is 2.47. The molecule has 2 aromatic rings. The van der Waals surface area contributed by atoms with Gasteiger partial charge in [-0.2, -0.15) is 0 Å². The molecule has 2 rings (SSSR count). The number of hydrogen-bond donors (Lipinski definition) is 2. The summed E-state index contributed by atoms with van der Waals surface area (Å²) in [6, 6.07) is 12.6. The first-order valence-electron chi connectivity index (χ1n) is 6.67. The molecule has 0 aliphatic carbocycles. The Kier molecular flexibility index (Phi) is 5.53. The van der Waals surface area contributed by atoms with E-state index in [1.54, 1.807) is 24.3 Å². The van der Waals surface area contributed by atoms with Gasteiger partial charge < -0.3 is 0 Å². The van der Waals surface area contributed by atoms with E-state index in [1.807, 2.05) is 0 Å². The van der Waals surface area contributed by atoms with E-state index in [-0.39, 0.29) is 0 Å². The molecule has 0 unspecified atom stereocenters. The van der Waals surface area contributed by atoms with Gasteiger partial charge in [0.2, 0.25) is 10.0 Å². The molecule has 128 valence electrons. The normalized spacial score (nSPS) is 12.2. The molecule has 0 saturated carbocycles. The van der Waals surface area contributed by atoms with Crippen molar-refractivity contribution in [1.29, 1.82) is 0 Å². The number of sulfonamides is 2. The fourth-order valence-electron chi connectivity index (χ4n) is 1.76. The van der Waals surface area contributed by atoms with E-state index in [0.717, 1.165) is 11.7 Å². The Morgan fingerprint density at radius 2 is 1.33 bits per heavy atom. The number of hydrogen-bond acceptors (Lipinski definition) is 4. The highest BCUT2D eigenvalue weighted by atomic mass is 35.5. The minimum atomic E-state index is -3.69. The Hall–Kier alpha value is -2.03. The molecule has 0 atom stereocenters. The fraction of sp³-hybridized carbons (Fsp3) is 0.0667. The summed E-state index contributed by atoms with van der Waals surface area (Å²) in [5, 5.41) is 1.61. The van der Waals surface area contributed by atoms with Crippen molar-refractivity contribution in [3.8, 4) is 0 Å². The Morgan fingerprint density at radius 3 is 1.83 bits per heavy atom. The van der Waals surface area contributed by atoms with Crippen molar-refractivity contribution < 1.29 is 16.8 Å². The smallest absolute Gasteiger partial charge is 0.255 e. The summed E-state index contributed by atoms with van der Waals surface area (Å²) in [5.41, 5.74) is 1.35. The quantitative estimate of drug-likeness (QED) is 0.797. The highest BCUT2D eigenvalue weighted by Crippen LogP contribution is 2.17. The first kappa shape index (κ1) is 18.3. The first-order chi connectivity index (χ1) is 11.1. The van der Waals surface area contributed by atoms with E-state index in [2.05, 4.69) is 9.44 Å². The van der Waals surface area contributed by atoms with Gasteiger partial charge >= 0.3 is 0 Å². The predicted octanol–water partition coefficient (Wildman–Crippen LogP) is 3.12. The topological polar surface area (TPSA) is 92.3 Å². The maximum atomic E-state index is 12.0. The van der Waals surface area contributed by atoms with Gasteiger partial charge in [0.1, 0.15) is 0 Å². The molecule has 0 bridgehead atoms. The predicted molar refractivity (Wildman–Crippen MR) is 97.9 cm³/mol. The summed E-state index contributed by atoms with van der Waals surface area (Å²) in [7, 11) is -7.07. The molecule has 0 aromatic heterocycles. The van der Waals surface area contributed by atoms with Crippen LogP contribution in [0.15, 0.2) is 53.9 Å². The number of benzene rings is 2. The molecule has 0 spiro atoms. The van der Waals surface area contributed by atoms with Crippen LogP contribution in [0.2, 0.25) is 5.02 Å². The molecule has 0 amide bonds. The average molecular weight is 387 g/mol. The molecule has 6 nitrogen and oxygen atoms in total. The van der Waals surface area contributed by atoms with Gasteiger partial charge in [0, 0.05) is 16.4 Å². The fourth-order valence-corrected chi connectivity index (χ4v) is 3.32. The third kappa shape index (κ3) is 6.23. The van der Waals surface area contributed by atoms with Gasteiger partial charge in [-0.05, 0) is 48.0 Å². The molecule has 24 heavy (non-hydrogen) atoms. The molecular weight excluding hydrogens is 372 g/mol. The van der Waals surface area contributed by atoms with Gasteiger partial charge in [-0.25, -0.2) is 16.8 Å². The Bertz CT molecular complexity index is 936. The van der Waals surface area contributed by atoms with Crippen molar-refractivity contribution in [2.75, 3.05) is 15.7 Å². The van der Waals surface area contributed by atoms with E-state index >= 15 is 0 Å². The second-order valence-corrected chi connectivity index (χ2v) is 8.70. The highest BCUT2D eigenvalue weighted by molar-refractivity contribution is 7.95. The van der Waals surface area contributed by atoms with Crippen LogP contribution < -0.4 is 9.44 Å². The Labute approximate surface area is 146 Å². The molecule has 0 heterocycles. The van der Waals surface area contributed by atoms with E-state index in [0.29, 0.717) is 22.0 Å². The van der Waals surface area contributed by atoms with Crippen LogP contribution in [-0.4, -0.2) is 23.1 Å². The summed E-state index contributed by atoms with van der Waals surface area (Å²) in [5.74, 6) is 0. The van der Waals surface area contributed by atoms with Crippen LogP contribution in [-0.2, 0) is 20.0 Å². The molecule has 0 aliphatic heterocycles. The highest BCUT2D eigenvalue weighted by Gasteiger charge is 2.07. The summed E-state index contributed by atoms with van der Waals surface area (Å²) in [6.45, 7) is 0. The molecule has 0 fully saturated rings. The molecule has 9 heteroatoms. The lowest BCUT2D eigenvalue weighted by Crippen LogP contribution is -2.10. The van der Waals surface area contributed by atoms with E-state index < -0.39 is 20.0 Å². The maximum absolute atomic E-state index is 12.0. The number of rotatable bonds is 6. The Morgan fingerprint density at radius 1 is 0.833 bits per heavy atom. The zero-order valence-electron chi connectivity index (χ0n) is 12.6. The lowest BCUT2D eigenvalue weighted by Gasteiger charge is -2.07. The molecular formula is C15H15ClN2O4S2. The number of nitrogens with one attached hydrogen (secondary N) is 2. The molecule has 0 radical (unpaired) electrons.